The van der Waals surface area contributed by atoms with Crippen LogP contribution in [0.25, 0.3) is 22.3 Å². The molecule has 0 spiro atoms. The number of alkyl halides is 1. The lowest BCUT2D eigenvalue weighted by atomic mass is 10.0. The van der Waals surface area contributed by atoms with Gasteiger partial charge in [-0.25, -0.2) is 9.37 Å². The number of aromatic nitrogens is 3. The highest BCUT2D eigenvalue weighted by atomic mass is 19.1. The largest absolute Gasteiger partial charge is 0.457 e. The summed E-state index contributed by atoms with van der Waals surface area (Å²) in [5, 5.41) is 12.0. The number of benzene rings is 3. The maximum Gasteiger partial charge on any atom is 0.159 e. The van der Waals surface area contributed by atoms with Crippen molar-refractivity contribution in [1.29, 1.82) is 0 Å². The molecule has 38 heavy (non-hydrogen) atoms. The number of carbonyl (C=O) groups excluding carboxylic acids is 1. The predicted octanol–water partition coefficient (Wildman–Crippen LogP) is 6.08. The lowest BCUT2D eigenvalue weighted by Crippen LogP contribution is -2.07. The van der Waals surface area contributed by atoms with Crippen molar-refractivity contribution in [3.8, 4) is 22.9 Å². The Morgan fingerprint density at radius 2 is 1.87 bits per heavy atom. The number of rotatable bonds is 8. The minimum absolute atomic E-state index is 0.0262. The van der Waals surface area contributed by atoms with Gasteiger partial charge in [0.2, 0.25) is 0 Å². The highest BCUT2D eigenvalue weighted by Crippen LogP contribution is 2.32. The van der Waals surface area contributed by atoms with Crippen LogP contribution in [0.5, 0.6) is 11.5 Å². The SMILES string of the molecule is COC.Cc1c(Oc2cccc(-c3ncc(C(O)c4cccc(CC(F)C=O)c4)[nH]3)c2)ccc2[nH]ccc12. The maximum atomic E-state index is 13.5. The number of hydrogen-bond acceptors (Lipinski definition) is 5. The summed E-state index contributed by atoms with van der Waals surface area (Å²) in [6.45, 7) is 2.03. The van der Waals surface area contributed by atoms with Crippen LogP contribution >= 0.6 is 0 Å². The average molecular weight is 516 g/mol. The lowest BCUT2D eigenvalue weighted by Gasteiger charge is -2.11. The lowest BCUT2D eigenvalue weighted by molar-refractivity contribution is -0.111. The van der Waals surface area contributed by atoms with Crippen molar-refractivity contribution in [2.45, 2.75) is 25.6 Å². The molecule has 8 heteroatoms. The Bertz CT molecular complexity index is 1510. The van der Waals surface area contributed by atoms with Gasteiger partial charge >= 0.3 is 0 Å². The van der Waals surface area contributed by atoms with E-state index in [1.165, 1.54) is 0 Å². The summed E-state index contributed by atoms with van der Waals surface area (Å²) in [6, 6.07) is 20.4. The zero-order chi connectivity index (χ0) is 27.1. The number of carbonyl (C=O) groups is 1. The number of H-pyrrole nitrogens is 2. The fraction of sp³-hybridized carbons (Fsp3) is 0.200. The first-order chi connectivity index (χ1) is 18.4. The van der Waals surface area contributed by atoms with Crippen LogP contribution < -0.4 is 4.74 Å². The summed E-state index contributed by atoms with van der Waals surface area (Å²) in [6.07, 6.45) is 1.20. The molecule has 0 aliphatic carbocycles. The van der Waals surface area contributed by atoms with Crippen LogP contribution in [0.15, 0.2) is 79.1 Å². The highest BCUT2D eigenvalue weighted by molar-refractivity contribution is 5.85. The number of halogens is 1. The number of imidazole rings is 1. The second kappa shape index (κ2) is 12.3. The fourth-order valence-electron chi connectivity index (χ4n) is 4.17. The molecule has 2 aromatic heterocycles. The number of methoxy groups -OCH3 is 1. The molecule has 3 aromatic carbocycles. The Balaban J connectivity index is 0.00000107. The molecule has 5 rings (SSSR count). The van der Waals surface area contributed by atoms with E-state index in [1.54, 1.807) is 44.7 Å². The molecule has 3 N–H and O–H groups in total. The van der Waals surface area contributed by atoms with E-state index in [0.717, 1.165) is 27.8 Å². The van der Waals surface area contributed by atoms with E-state index in [1.807, 2.05) is 55.6 Å². The third-order valence-electron chi connectivity index (χ3n) is 6.02. The smallest absolute Gasteiger partial charge is 0.159 e. The number of fused-ring (bicyclic) bond motifs is 1. The Labute approximate surface area is 220 Å². The molecular weight excluding hydrogens is 485 g/mol. The van der Waals surface area contributed by atoms with Gasteiger partial charge in [0.15, 0.2) is 12.5 Å². The molecule has 0 bridgehead atoms. The van der Waals surface area contributed by atoms with Gasteiger partial charge in [-0.2, -0.15) is 0 Å². The zero-order valence-corrected chi connectivity index (χ0v) is 21.4. The normalized spacial score (nSPS) is 12.4. The maximum absolute atomic E-state index is 13.5. The second-order valence-corrected chi connectivity index (χ2v) is 8.86. The standard InChI is InChI=1S/C28H24FN3O3.C2H6O/c1-17-23-10-11-30-24(23)8-9-26(17)35-22-7-3-6-20(14-22)28-31-15-25(32-28)27(34)19-5-2-4-18(12-19)13-21(29)16-33;1-3-2/h2-12,14-16,21,27,30,34H,13H2,1H3,(H,31,32);1-2H3. The van der Waals surface area contributed by atoms with Crippen molar-refractivity contribution in [3.05, 3.63) is 102 Å². The first-order valence-electron chi connectivity index (χ1n) is 12.1. The van der Waals surface area contributed by atoms with Crippen molar-refractivity contribution in [1.82, 2.24) is 15.0 Å². The van der Waals surface area contributed by atoms with Gasteiger partial charge < -0.3 is 29.3 Å². The fourth-order valence-corrected chi connectivity index (χ4v) is 4.17. The molecule has 5 aromatic rings. The number of ether oxygens (including phenoxy) is 2. The summed E-state index contributed by atoms with van der Waals surface area (Å²) < 4.78 is 23.9. The van der Waals surface area contributed by atoms with Gasteiger partial charge in [0, 0.05) is 48.9 Å². The molecule has 2 heterocycles. The van der Waals surface area contributed by atoms with E-state index in [0.29, 0.717) is 28.4 Å². The van der Waals surface area contributed by atoms with Gasteiger partial charge in [0.1, 0.15) is 23.4 Å². The third-order valence-corrected chi connectivity index (χ3v) is 6.02. The topological polar surface area (TPSA) is 100 Å². The minimum Gasteiger partial charge on any atom is -0.457 e. The van der Waals surface area contributed by atoms with Crippen LogP contribution in [0.2, 0.25) is 0 Å². The van der Waals surface area contributed by atoms with E-state index in [-0.39, 0.29) is 12.7 Å². The quantitative estimate of drug-likeness (QED) is 0.217. The Kier molecular flexibility index (Phi) is 8.68. The molecule has 2 unspecified atom stereocenters. The second-order valence-electron chi connectivity index (χ2n) is 8.86. The van der Waals surface area contributed by atoms with Crippen molar-refractivity contribution < 1.29 is 23.8 Å². The van der Waals surface area contributed by atoms with Crippen LogP contribution in [0, 0.1) is 6.92 Å². The van der Waals surface area contributed by atoms with Gasteiger partial charge in [0.05, 0.1) is 11.9 Å². The highest BCUT2D eigenvalue weighted by Gasteiger charge is 2.16. The molecule has 196 valence electrons. The van der Waals surface area contributed by atoms with Crippen LogP contribution in [-0.2, 0) is 16.0 Å². The summed E-state index contributed by atoms with van der Waals surface area (Å²) in [4.78, 5) is 21.4. The van der Waals surface area contributed by atoms with Crippen LogP contribution in [0.1, 0.15) is 28.5 Å². The number of nitrogens with zero attached hydrogens (tertiary/aromatic N) is 1. The zero-order valence-electron chi connectivity index (χ0n) is 21.4. The van der Waals surface area contributed by atoms with Gasteiger partial charge in [-0.3, -0.25) is 0 Å². The van der Waals surface area contributed by atoms with Crippen molar-refractivity contribution >= 4 is 17.2 Å². The Morgan fingerprint density at radius 1 is 1.08 bits per heavy atom. The number of aldehydes is 1. The van der Waals surface area contributed by atoms with Gasteiger partial charge in [0.25, 0.3) is 0 Å². The first kappa shape index (κ1) is 26.8. The number of aliphatic hydroxyl groups is 1. The first-order valence-corrected chi connectivity index (χ1v) is 12.1. The molecule has 0 saturated carbocycles. The Morgan fingerprint density at radius 3 is 2.66 bits per heavy atom. The van der Waals surface area contributed by atoms with E-state index in [2.05, 4.69) is 19.7 Å². The van der Waals surface area contributed by atoms with Crippen LogP contribution in [0.4, 0.5) is 4.39 Å². The molecule has 0 amide bonds. The molecular formula is C30H30FN3O4. The number of aromatic amines is 2. The number of hydrogen-bond donors (Lipinski definition) is 3. The molecule has 0 radical (unpaired) electrons. The van der Waals surface area contributed by atoms with Gasteiger partial charge in [-0.05, 0) is 48.4 Å². The number of nitrogens with one attached hydrogen (secondary N) is 2. The molecule has 0 fully saturated rings. The third kappa shape index (κ3) is 6.16. The summed E-state index contributed by atoms with van der Waals surface area (Å²) in [7, 11) is 3.25. The summed E-state index contributed by atoms with van der Waals surface area (Å²) in [5.41, 5.74) is 4.64. The van der Waals surface area contributed by atoms with Gasteiger partial charge in [-0.15, -0.1) is 0 Å². The van der Waals surface area contributed by atoms with E-state index < -0.39 is 12.3 Å². The van der Waals surface area contributed by atoms with Gasteiger partial charge in [-0.1, -0.05) is 36.4 Å². The number of aliphatic hydroxyl groups excluding tert-OH is 1. The van der Waals surface area contributed by atoms with E-state index in [4.69, 9.17) is 4.74 Å². The van der Waals surface area contributed by atoms with Crippen LogP contribution in [0.3, 0.4) is 0 Å². The monoisotopic (exact) mass is 515 g/mol. The van der Waals surface area contributed by atoms with Crippen LogP contribution in [-0.4, -0.2) is 46.7 Å². The molecule has 2 atom stereocenters. The van der Waals surface area contributed by atoms with E-state index >= 15 is 0 Å². The average Bonchev–Trinajstić information content (AvgIpc) is 3.61. The number of aryl methyl sites for hydroxylation is 1. The summed E-state index contributed by atoms with van der Waals surface area (Å²) in [5.74, 6) is 2.03. The van der Waals surface area contributed by atoms with E-state index in [9.17, 15) is 14.3 Å². The Hall–Kier alpha value is -4.27. The van der Waals surface area contributed by atoms with Crippen molar-refractivity contribution in [2.24, 2.45) is 0 Å². The molecule has 7 nitrogen and oxygen atoms in total. The predicted molar refractivity (Wildman–Crippen MR) is 145 cm³/mol. The van der Waals surface area contributed by atoms with Crippen molar-refractivity contribution in [3.63, 3.8) is 0 Å². The summed E-state index contributed by atoms with van der Waals surface area (Å²) >= 11 is 0. The molecule has 0 saturated heterocycles. The molecule has 0 aliphatic rings. The molecule has 0 aliphatic heterocycles. The minimum atomic E-state index is -1.57. The van der Waals surface area contributed by atoms with Crippen molar-refractivity contribution in [2.75, 3.05) is 14.2 Å².